The minimum Gasteiger partial charge on any atom is -0.490 e. The highest BCUT2D eigenvalue weighted by Crippen LogP contribution is 2.22. The summed E-state index contributed by atoms with van der Waals surface area (Å²) in [6, 6.07) is 11.3. The summed E-state index contributed by atoms with van der Waals surface area (Å²) in [5.41, 5.74) is 0.741. The van der Waals surface area contributed by atoms with Crippen LogP contribution in [0, 0.1) is 0 Å². The Morgan fingerprint density at radius 3 is 2.32 bits per heavy atom. The molecule has 4 rings (SSSR count). The molecule has 2 aromatic rings. The molecule has 0 spiro atoms. The summed E-state index contributed by atoms with van der Waals surface area (Å²) in [6.45, 7) is 4.35. The first kappa shape index (κ1) is 19.0. The first-order valence-electron chi connectivity index (χ1n) is 10.2. The van der Waals surface area contributed by atoms with Crippen molar-refractivity contribution in [1.82, 2.24) is 9.80 Å². The predicted octanol–water partition coefficient (Wildman–Crippen LogP) is 3.05. The third-order valence-electron chi connectivity index (χ3n) is 5.58. The summed E-state index contributed by atoms with van der Waals surface area (Å²) < 4.78 is 11.7. The minimum absolute atomic E-state index is 0.0572. The van der Waals surface area contributed by atoms with Gasteiger partial charge in [0, 0.05) is 31.7 Å². The van der Waals surface area contributed by atoms with E-state index < -0.39 is 0 Å². The molecule has 2 fully saturated rings. The number of carbonyl (C=O) groups excluding carboxylic acids is 1. The third kappa shape index (κ3) is 4.56. The van der Waals surface area contributed by atoms with Gasteiger partial charge in [0.15, 0.2) is 0 Å². The third-order valence-corrected chi connectivity index (χ3v) is 5.58. The van der Waals surface area contributed by atoms with E-state index in [0.29, 0.717) is 5.76 Å². The van der Waals surface area contributed by atoms with Gasteiger partial charge in [-0.05, 0) is 62.1 Å². The van der Waals surface area contributed by atoms with Gasteiger partial charge >= 0.3 is 0 Å². The number of benzene rings is 1. The topological polar surface area (TPSA) is 66.1 Å². The second-order valence-electron chi connectivity index (χ2n) is 7.64. The average Bonchev–Trinajstić information content (AvgIpc) is 3.42. The molecule has 3 heterocycles. The van der Waals surface area contributed by atoms with Crippen LogP contribution in [0.25, 0.3) is 0 Å². The number of ether oxygens (including phenoxy) is 1. The van der Waals surface area contributed by atoms with Crippen molar-refractivity contribution < 1.29 is 19.1 Å². The molecule has 2 aliphatic heterocycles. The number of nitrogens with zero attached hydrogens (tertiary/aromatic N) is 2. The maximum Gasteiger partial charge on any atom is 0.253 e. The quantitative estimate of drug-likeness (QED) is 0.829. The first-order valence-corrected chi connectivity index (χ1v) is 10.2. The molecule has 0 atom stereocenters. The maximum atomic E-state index is 12.4. The highest BCUT2D eigenvalue weighted by molar-refractivity contribution is 5.94. The van der Waals surface area contributed by atoms with Crippen LogP contribution in [-0.2, 0) is 13.2 Å². The molecule has 28 heavy (non-hydrogen) atoms. The summed E-state index contributed by atoms with van der Waals surface area (Å²) >= 11 is 0. The molecule has 6 nitrogen and oxygen atoms in total. The van der Waals surface area contributed by atoms with E-state index in [-0.39, 0.29) is 18.6 Å². The van der Waals surface area contributed by atoms with Gasteiger partial charge in [0.05, 0.1) is 6.54 Å². The predicted molar refractivity (Wildman–Crippen MR) is 105 cm³/mol. The smallest absolute Gasteiger partial charge is 0.253 e. The van der Waals surface area contributed by atoms with Crippen molar-refractivity contribution in [2.24, 2.45) is 0 Å². The van der Waals surface area contributed by atoms with Crippen LogP contribution in [0.1, 0.15) is 47.6 Å². The number of furan rings is 1. The van der Waals surface area contributed by atoms with Crippen LogP contribution < -0.4 is 4.74 Å². The van der Waals surface area contributed by atoms with Crippen LogP contribution in [0.15, 0.2) is 40.8 Å². The number of likely N-dealkylation sites (tertiary alicyclic amines) is 2. The van der Waals surface area contributed by atoms with Gasteiger partial charge in [-0.1, -0.05) is 0 Å². The minimum atomic E-state index is -0.0572. The molecular formula is C22H28N2O4. The molecule has 2 aliphatic rings. The lowest BCUT2D eigenvalue weighted by molar-refractivity contribution is 0.0792. The number of hydrogen-bond acceptors (Lipinski definition) is 5. The zero-order valence-corrected chi connectivity index (χ0v) is 16.2. The number of carbonyl (C=O) groups is 1. The normalized spacial score (nSPS) is 18.5. The van der Waals surface area contributed by atoms with Gasteiger partial charge in [0.25, 0.3) is 5.91 Å². The molecule has 150 valence electrons. The lowest BCUT2D eigenvalue weighted by Gasteiger charge is -2.31. The Labute approximate surface area is 165 Å². The van der Waals surface area contributed by atoms with Gasteiger partial charge in [0.1, 0.15) is 30.0 Å². The second kappa shape index (κ2) is 8.80. The van der Waals surface area contributed by atoms with Crippen molar-refractivity contribution in [3.8, 4) is 5.75 Å². The van der Waals surface area contributed by atoms with Gasteiger partial charge in [-0.2, -0.15) is 0 Å². The van der Waals surface area contributed by atoms with Crippen molar-refractivity contribution in [3.63, 3.8) is 0 Å². The molecule has 6 heteroatoms. The van der Waals surface area contributed by atoms with Gasteiger partial charge in [-0.3, -0.25) is 9.69 Å². The van der Waals surface area contributed by atoms with Gasteiger partial charge in [-0.15, -0.1) is 0 Å². The summed E-state index contributed by atoms with van der Waals surface area (Å²) in [7, 11) is 0. The Balaban J connectivity index is 1.24. The van der Waals surface area contributed by atoms with Crippen molar-refractivity contribution >= 4 is 5.91 Å². The molecule has 0 aliphatic carbocycles. The SMILES string of the molecule is O=C(c1ccc(OC2CCN(Cc3ccc(CO)o3)CC2)cc1)N1CCCC1. The average molecular weight is 384 g/mol. The first-order chi connectivity index (χ1) is 13.7. The van der Waals surface area contributed by atoms with Crippen molar-refractivity contribution in [1.29, 1.82) is 0 Å². The van der Waals surface area contributed by atoms with Gasteiger partial charge < -0.3 is 19.2 Å². The molecule has 0 unspecified atom stereocenters. The van der Waals surface area contributed by atoms with E-state index >= 15 is 0 Å². The Bertz CT molecular complexity index is 772. The second-order valence-corrected chi connectivity index (χ2v) is 7.64. The van der Waals surface area contributed by atoms with Gasteiger partial charge in [0.2, 0.25) is 0 Å². The fraction of sp³-hybridized carbons (Fsp3) is 0.500. The molecular weight excluding hydrogens is 356 g/mol. The number of rotatable bonds is 6. The molecule has 2 saturated heterocycles. The maximum absolute atomic E-state index is 12.4. The number of amides is 1. The zero-order valence-electron chi connectivity index (χ0n) is 16.2. The Morgan fingerprint density at radius 2 is 1.68 bits per heavy atom. The Hall–Kier alpha value is -2.31. The summed E-state index contributed by atoms with van der Waals surface area (Å²) in [4.78, 5) is 16.7. The van der Waals surface area contributed by atoms with E-state index in [0.717, 1.165) is 75.5 Å². The monoisotopic (exact) mass is 384 g/mol. The molecule has 1 aromatic heterocycles. The lowest BCUT2D eigenvalue weighted by Crippen LogP contribution is -2.37. The van der Waals surface area contributed by atoms with Crippen LogP contribution in [0.3, 0.4) is 0 Å². The molecule has 0 saturated carbocycles. The molecule has 0 radical (unpaired) electrons. The van der Waals surface area contributed by atoms with E-state index in [2.05, 4.69) is 4.90 Å². The van der Waals surface area contributed by atoms with Crippen molar-refractivity contribution in [2.75, 3.05) is 26.2 Å². The van der Waals surface area contributed by atoms with E-state index in [9.17, 15) is 4.79 Å². The van der Waals surface area contributed by atoms with E-state index in [1.807, 2.05) is 41.3 Å². The van der Waals surface area contributed by atoms with Crippen LogP contribution in [-0.4, -0.2) is 53.1 Å². The summed E-state index contributed by atoms with van der Waals surface area (Å²) in [6.07, 6.45) is 4.33. The highest BCUT2D eigenvalue weighted by Gasteiger charge is 2.22. The number of piperidine rings is 1. The largest absolute Gasteiger partial charge is 0.490 e. The summed E-state index contributed by atoms with van der Waals surface area (Å²) in [5.74, 6) is 2.45. The highest BCUT2D eigenvalue weighted by atomic mass is 16.5. The van der Waals surface area contributed by atoms with Crippen molar-refractivity contribution in [2.45, 2.75) is 44.9 Å². The van der Waals surface area contributed by atoms with Crippen molar-refractivity contribution in [3.05, 3.63) is 53.5 Å². The fourth-order valence-electron chi connectivity index (χ4n) is 3.97. The number of hydrogen-bond donors (Lipinski definition) is 1. The fourth-order valence-corrected chi connectivity index (χ4v) is 3.97. The van der Waals surface area contributed by atoms with Crippen LogP contribution in [0.2, 0.25) is 0 Å². The standard InChI is InChI=1S/C22H28N2O4/c25-16-21-8-7-20(28-21)15-23-13-9-19(10-14-23)27-18-5-3-17(4-6-18)22(26)24-11-1-2-12-24/h3-8,19,25H,1-2,9-16H2. The Morgan fingerprint density at radius 1 is 1.00 bits per heavy atom. The van der Waals surface area contributed by atoms with E-state index in [1.54, 1.807) is 0 Å². The van der Waals surface area contributed by atoms with E-state index in [1.165, 1.54) is 0 Å². The Kier molecular flexibility index (Phi) is 5.98. The number of aliphatic hydroxyl groups excluding tert-OH is 1. The molecule has 0 bridgehead atoms. The lowest BCUT2D eigenvalue weighted by atomic mass is 10.1. The summed E-state index contributed by atoms with van der Waals surface area (Å²) in [5, 5.41) is 9.09. The van der Waals surface area contributed by atoms with Crippen LogP contribution >= 0.6 is 0 Å². The molecule has 1 amide bonds. The zero-order chi connectivity index (χ0) is 19.3. The van der Waals surface area contributed by atoms with Crippen LogP contribution in [0.4, 0.5) is 0 Å². The van der Waals surface area contributed by atoms with Crippen LogP contribution in [0.5, 0.6) is 5.75 Å². The molecule has 1 aromatic carbocycles. The van der Waals surface area contributed by atoms with E-state index in [4.69, 9.17) is 14.3 Å². The number of aliphatic hydroxyl groups is 1. The van der Waals surface area contributed by atoms with Gasteiger partial charge in [-0.25, -0.2) is 0 Å². The molecule has 1 N–H and O–H groups in total.